The molecule has 0 aliphatic heterocycles. The van der Waals surface area contributed by atoms with Crippen molar-refractivity contribution in [1.29, 1.82) is 0 Å². The van der Waals surface area contributed by atoms with Gasteiger partial charge in [0.25, 0.3) is 5.91 Å². The van der Waals surface area contributed by atoms with Gasteiger partial charge in [0.05, 0.1) is 12.9 Å². The Hall–Kier alpha value is -3.15. The zero-order valence-electron chi connectivity index (χ0n) is 13.3. The molecule has 3 rings (SSSR count). The molecule has 0 bridgehead atoms. The predicted octanol–water partition coefficient (Wildman–Crippen LogP) is 2.60. The van der Waals surface area contributed by atoms with E-state index in [1.165, 1.54) is 0 Å². The van der Waals surface area contributed by atoms with Crippen molar-refractivity contribution >= 4 is 5.91 Å². The van der Waals surface area contributed by atoms with Crippen LogP contribution in [0.4, 0.5) is 0 Å². The minimum absolute atomic E-state index is 0.140. The number of benzene rings is 1. The number of rotatable bonds is 6. The molecule has 0 aliphatic carbocycles. The van der Waals surface area contributed by atoms with Crippen LogP contribution in [0.3, 0.4) is 0 Å². The van der Waals surface area contributed by atoms with Gasteiger partial charge in [-0.15, -0.1) is 0 Å². The van der Waals surface area contributed by atoms with E-state index in [4.69, 9.17) is 4.74 Å². The maximum atomic E-state index is 12.3. The number of hydrogen-bond acceptors (Lipinski definition) is 4. The van der Waals surface area contributed by atoms with Gasteiger partial charge in [-0.2, -0.15) is 0 Å². The summed E-state index contributed by atoms with van der Waals surface area (Å²) in [6.45, 7) is 2.80. The van der Waals surface area contributed by atoms with Crippen molar-refractivity contribution in [2.75, 3.05) is 6.61 Å². The minimum Gasteiger partial charge on any atom is -0.478 e. The van der Waals surface area contributed by atoms with E-state index >= 15 is 0 Å². The quantitative estimate of drug-likeness (QED) is 0.757. The molecule has 24 heavy (non-hydrogen) atoms. The normalized spacial score (nSPS) is 10.4. The van der Waals surface area contributed by atoms with Gasteiger partial charge in [-0.3, -0.25) is 4.79 Å². The molecule has 3 aromatic rings. The number of nitrogens with one attached hydrogen (secondary N) is 1. The first-order valence-electron chi connectivity index (χ1n) is 7.71. The molecule has 2 heterocycles. The third kappa shape index (κ3) is 3.60. The van der Waals surface area contributed by atoms with Crippen LogP contribution in [0.2, 0.25) is 0 Å². The maximum Gasteiger partial charge on any atom is 0.251 e. The Morgan fingerprint density at radius 1 is 1.21 bits per heavy atom. The molecule has 0 saturated carbocycles. The molecule has 0 atom stereocenters. The van der Waals surface area contributed by atoms with Gasteiger partial charge in [0, 0.05) is 41.9 Å². The number of carbonyl (C=O) groups is 1. The highest BCUT2D eigenvalue weighted by Gasteiger charge is 2.09. The lowest BCUT2D eigenvalue weighted by atomic mass is 10.2. The molecule has 1 N–H and O–H groups in total. The standard InChI is InChI=1S/C18H18N4O2/c1-2-24-18-15(4-3-9-20-18)12-21-17(23)14-5-7-16(8-6-14)22-11-10-19-13-22/h3-11,13H,2,12H2,1H3,(H,21,23). The number of aromatic nitrogens is 3. The molecule has 122 valence electrons. The second-order valence-corrected chi connectivity index (χ2v) is 5.10. The summed E-state index contributed by atoms with van der Waals surface area (Å²) in [6.07, 6.45) is 6.95. The van der Waals surface area contributed by atoms with E-state index in [-0.39, 0.29) is 5.91 Å². The highest BCUT2D eigenvalue weighted by Crippen LogP contribution is 2.14. The molecule has 0 aliphatic rings. The topological polar surface area (TPSA) is 69.0 Å². The Kier molecular flexibility index (Phi) is 4.86. The molecule has 6 nitrogen and oxygen atoms in total. The predicted molar refractivity (Wildman–Crippen MR) is 90.1 cm³/mol. The van der Waals surface area contributed by atoms with Gasteiger partial charge in [0.15, 0.2) is 0 Å². The fourth-order valence-electron chi connectivity index (χ4n) is 2.30. The smallest absolute Gasteiger partial charge is 0.251 e. The van der Waals surface area contributed by atoms with Gasteiger partial charge in [-0.1, -0.05) is 6.07 Å². The van der Waals surface area contributed by atoms with Gasteiger partial charge in [-0.25, -0.2) is 9.97 Å². The first-order valence-corrected chi connectivity index (χ1v) is 7.71. The van der Waals surface area contributed by atoms with Gasteiger partial charge >= 0.3 is 0 Å². The van der Waals surface area contributed by atoms with Crippen LogP contribution >= 0.6 is 0 Å². The Morgan fingerprint density at radius 3 is 2.75 bits per heavy atom. The average molecular weight is 322 g/mol. The maximum absolute atomic E-state index is 12.3. The summed E-state index contributed by atoms with van der Waals surface area (Å²) in [7, 11) is 0. The number of amides is 1. The van der Waals surface area contributed by atoms with Crippen molar-refractivity contribution in [2.24, 2.45) is 0 Å². The van der Waals surface area contributed by atoms with Gasteiger partial charge in [-0.05, 0) is 37.3 Å². The summed E-state index contributed by atoms with van der Waals surface area (Å²) >= 11 is 0. The number of carbonyl (C=O) groups excluding carboxylic acids is 1. The van der Waals surface area contributed by atoms with E-state index in [2.05, 4.69) is 15.3 Å². The molecule has 0 unspecified atom stereocenters. The van der Waals surface area contributed by atoms with E-state index in [1.807, 2.05) is 42.0 Å². The number of imidazole rings is 1. The SMILES string of the molecule is CCOc1ncccc1CNC(=O)c1ccc(-n2ccnc2)cc1. The summed E-state index contributed by atoms with van der Waals surface area (Å²) in [5.41, 5.74) is 2.40. The summed E-state index contributed by atoms with van der Waals surface area (Å²) in [6, 6.07) is 11.1. The van der Waals surface area contributed by atoms with Gasteiger partial charge in [0.1, 0.15) is 0 Å². The molecule has 6 heteroatoms. The van der Waals surface area contributed by atoms with Crippen molar-refractivity contribution in [1.82, 2.24) is 19.9 Å². The highest BCUT2D eigenvalue weighted by atomic mass is 16.5. The molecule has 0 fully saturated rings. The largest absolute Gasteiger partial charge is 0.478 e. The second kappa shape index (κ2) is 7.41. The Labute approximate surface area is 140 Å². The fraction of sp³-hybridized carbons (Fsp3) is 0.167. The third-order valence-corrected chi connectivity index (χ3v) is 3.50. The molecular formula is C18H18N4O2. The van der Waals surface area contributed by atoms with E-state index in [0.29, 0.717) is 24.6 Å². The van der Waals surface area contributed by atoms with Crippen LogP contribution in [-0.2, 0) is 6.54 Å². The molecule has 0 spiro atoms. The molecule has 2 aromatic heterocycles. The average Bonchev–Trinajstić information content (AvgIpc) is 3.16. The lowest BCUT2D eigenvalue weighted by Crippen LogP contribution is -2.23. The van der Waals surface area contributed by atoms with Crippen LogP contribution in [0, 0.1) is 0 Å². The minimum atomic E-state index is -0.140. The molecule has 0 radical (unpaired) electrons. The van der Waals surface area contributed by atoms with Crippen LogP contribution < -0.4 is 10.1 Å². The zero-order valence-corrected chi connectivity index (χ0v) is 13.3. The number of hydrogen-bond donors (Lipinski definition) is 1. The monoisotopic (exact) mass is 322 g/mol. The van der Waals surface area contributed by atoms with E-state index in [9.17, 15) is 4.79 Å². The van der Waals surface area contributed by atoms with Crippen molar-refractivity contribution in [3.63, 3.8) is 0 Å². The second-order valence-electron chi connectivity index (χ2n) is 5.10. The van der Waals surface area contributed by atoms with Crippen molar-refractivity contribution in [2.45, 2.75) is 13.5 Å². The summed E-state index contributed by atoms with van der Waals surface area (Å²) in [4.78, 5) is 20.5. The van der Waals surface area contributed by atoms with Crippen molar-refractivity contribution in [3.05, 3.63) is 72.4 Å². The molecule has 0 saturated heterocycles. The van der Waals surface area contributed by atoms with E-state index in [0.717, 1.165) is 11.3 Å². The zero-order chi connectivity index (χ0) is 16.8. The number of pyridine rings is 1. The summed E-state index contributed by atoms with van der Waals surface area (Å²) in [5.74, 6) is 0.411. The number of nitrogens with zero attached hydrogens (tertiary/aromatic N) is 3. The lowest BCUT2D eigenvalue weighted by molar-refractivity contribution is 0.0950. The first kappa shape index (κ1) is 15.7. The summed E-state index contributed by atoms with van der Waals surface area (Å²) in [5, 5.41) is 2.89. The van der Waals surface area contributed by atoms with Crippen LogP contribution in [0.5, 0.6) is 5.88 Å². The van der Waals surface area contributed by atoms with Crippen LogP contribution in [0.1, 0.15) is 22.8 Å². The Balaban J connectivity index is 1.65. The summed E-state index contributed by atoms with van der Waals surface area (Å²) < 4.78 is 7.34. The highest BCUT2D eigenvalue weighted by molar-refractivity contribution is 5.94. The number of ether oxygens (including phenoxy) is 1. The molecular weight excluding hydrogens is 304 g/mol. The van der Waals surface area contributed by atoms with Crippen molar-refractivity contribution in [3.8, 4) is 11.6 Å². The van der Waals surface area contributed by atoms with Gasteiger partial charge < -0.3 is 14.6 Å². The van der Waals surface area contributed by atoms with Gasteiger partial charge in [0.2, 0.25) is 5.88 Å². The van der Waals surface area contributed by atoms with E-state index in [1.54, 1.807) is 30.9 Å². The Morgan fingerprint density at radius 2 is 2.04 bits per heavy atom. The van der Waals surface area contributed by atoms with Crippen LogP contribution in [0.25, 0.3) is 5.69 Å². The third-order valence-electron chi connectivity index (χ3n) is 3.50. The fourth-order valence-corrected chi connectivity index (χ4v) is 2.30. The van der Waals surface area contributed by atoms with Crippen LogP contribution in [-0.4, -0.2) is 27.0 Å². The first-order chi connectivity index (χ1) is 11.8. The molecule has 1 amide bonds. The van der Waals surface area contributed by atoms with Crippen LogP contribution in [0.15, 0.2) is 61.3 Å². The Bertz CT molecular complexity index is 798. The lowest BCUT2D eigenvalue weighted by Gasteiger charge is -2.10. The molecule has 1 aromatic carbocycles. The van der Waals surface area contributed by atoms with Crippen molar-refractivity contribution < 1.29 is 9.53 Å². The van der Waals surface area contributed by atoms with E-state index < -0.39 is 0 Å².